The topological polar surface area (TPSA) is 24.9 Å². The van der Waals surface area contributed by atoms with Gasteiger partial charge in [0, 0.05) is 30.5 Å². The molecule has 0 aliphatic heterocycles. The van der Waals surface area contributed by atoms with Crippen LogP contribution in [0.1, 0.15) is 31.2 Å². The molecule has 0 saturated heterocycles. The molecule has 0 amide bonds. The Morgan fingerprint density at radius 3 is 2.76 bits per heavy atom. The standard InChI is InChI=1S/C11H17F3N2S/c1-2-5-15-9(3-4-11(12,13)14)8-10-16-6-7-17-10/h6-7,9,15H,2-5,8H2,1H3. The molecule has 17 heavy (non-hydrogen) atoms. The Hall–Kier alpha value is -0.620. The second kappa shape index (κ2) is 6.96. The highest BCUT2D eigenvalue weighted by atomic mass is 32.1. The molecule has 0 bridgehead atoms. The van der Waals surface area contributed by atoms with E-state index in [1.807, 2.05) is 12.3 Å². The second-order valence-corrected chi connectivity index (χ2v) is 4.91. The van der Waals surface area contributed by atoms with Crippen LogP contribution in [0.5, 0.6) is 0 Å². The molecule has 0 aromatic carbocycles. The monoisotopic (exact) mass is 266 g/mol. The number of alkyl halides is 3. The van der Waals surface area contributed by atoms with Gasteiger partial charge in [-0.15, -0.1) is 11.3 Å². The number of hydrogen-bond donors (Lipinski definition) is 1. The van der Waals surface area contributed by atoms with E-state index < -0.39 is 12.6 Å². The zero-order valence-corrected chi connectivity index (χ0v) is 10.6. The SMILES string of the molecule is CCCNC(CCC(F)(F)F)Cc1nccs1. The van der Waals surface area contributed by atoms with Crippen molar-refractivity contribution in [2.24, 2.45) is 0 Å². The van der Waals surface area contributed by atoms with Crippen LogP contribution in [0.2, 0.25) is 0 Å². The van der Waals surface area contributed by atoms with Gasteiger partial charge < -0.3 is 5.32 Å². The van der Waals surface area contributed by atoms with Crippen molar-refractivity contribution in [1.82, 2.24) is 10.3 Å². The number of thiazole rings is 1. The van der Waals surface area contributed by atoms with Gasteiger partial charge in [-0.1, -0.05) is 6.92 Å². The van der Waals surface area contributed by atoms with Crippen molar-refractivity contribution in [3.8, 4) is 0 Å². The van der Waals surface area contributed by atoms with Gasteiger partial charge in [0.15, 0.2) is 0 Å². The van der Waals surface area contributed by atoms with Crippen molar-refractivity contribution < 1.29 is 13.2 Å². The van der Waals surface area contributed by atoms with Crippen LogP contribution in [-0.2, 0) is 6.42 Å². The zero-order chi connectivity index (χ0) is 12.7. The largest absolute Gasteiger partial charge is 0.389 e. The van der Waals surface area contributed by atoms with E-state index in [0.29, 0.717) is 6.42 Å². The smallest absolute Gasteiger partial charge is 0.314 e. The lowest BCUT2D eigenvalue weighted by Gasteiger charge is -2.18. The van der Waals surface area contributed by atoms with E-state index in [0.717, 1.165) is 18.0 Å². The number of nitrogens with one attached hydrogen (secondary N) is 1. The molecule has 0 saturated carbocycles. The first-order valence-electron chi connectivity index (χ1n) is 5.69. The molecule has 1 atom stereocenters. The molecule has 1 unspecified atom stereocenters. The van der Waals surface area contributed by atoms with Gasteiger partial charge in [-0.2, -0.15) is 13.2 Å². The van der Waals surface area contributed by atoms with Crippen molar-refractivity contribution in [3.05, 3.63) is 16.6 Å². The lowest BCUT2D eigenvalue weighted by atomic mass is 10.1. The summed E-state index contributed by atoms with van der Waals surface area (Å²) in [6.07, 6.45) is -1.52. The highest BCUT2D eigenvalue weighted by Gasteiger charge is 2.28. The first-order chi connectivity index (χ1) is 8.01. The van der Waals surface area contributed by atoms with Crippen LogP contribution >= 0.6 is 11.3 Å². The van der Waals surface area contributed by atoms with Crippen molar-refractivity contribution >= 4 is 11.3 Å². The summed E-state index contributed by atoms with van der Waals surface area (Å²) in [6, 6.07) is -0.136. The minimum atomic E-state index is -4.07. The Morgan fingerprint density at radius 2 is 2.24 bits per heavy atom. The average molecular weight is 266 g/mol. The minimum absolute atomic E-state index is 0.114. The van der Waals surface area contributed by atoms with Crippen LogP contribution in [0.25, 0.3) is 0 Å². The van der Waals surface area contributed by atoms with Gasteiger partial charge in [0.1, 0.15) is 0 Å². The predicted octanol–water partition coefficient (Wildman–Crippen LogP) is 3.40. The summed E-state index contributed by atoms with van der Waals surface area (Å²) in [5.74, 6) is 0. The van der Waals surface area contributed by atoms with Gasteiger partial charge in [-0.05, 0) is 19.4 Å². The molecule has 1 aromatic rings. The summed E-state index contributed by atoms with van der Waals surface area (Å²) in [6.45, 7) is 2.74. The summed E-state index contributed by atoms with van der Waals surface area (Å²) < 4.78 is 36.5. The Kier molecular flexibility index (Phi) is 5.91. The van der Waals surface area contributed by atoms with Gasteiger partial charge in [0.2, 0.25) is 0 Å². The molecule has 0 spiro atoms. The predicted molar refractivity (Wildman–Crippen MR) is 63.2 cm³/mol. The maximum absolute atomic E-state index is 12.2. The van der Waals surface area contributed by atoms with Crippen LogP contribution in [0.4, 0.5) is 13.2 Å². The Balaban J connectivity index is 2.42. The molecule has 1 heterocycles. The van der Waals surface area contributed by atoms with E-state index in [1.54, 1.807) is 6.20 Å². The van der Waals surface area contributed by atoms with Crippen molar-refractivity contribution in [1.29, 1.82) is 0 Å². The maximum Gasteiger partial charge on any atom is 0.389 e. The number of nitrogens with zero attached hydrogens (tertiary/aromatic N) is 1. The Labute approximate surface area is 103 Å². The third kappa shape index (κ3) is 6.63. The fourth-order valence-electron chi connectivity index (χ4n) is 1.53. The normalized spacial score (nSPS) is 13.9. The molecule has 0 aliphatic carbocycles. The van der Waals surface area contributed by atoms with Crippen molar-refractivity contribution in [3.63, 3.8) is 0 Å². The molecule has 0 aliphatic rings. The highest BCUT2D eigenvalue weighted by Crippen LogP contribution is 2.23. The fraction of sp³-hybridized carbons (Fsp3) is 0.727. The zero-order valence-electron chi connectivity index (χ0n) is 9.76. The van der Waals surface area contributed by atoms with Crippen LogP contribution in [-0.4, -0.2) is 23.7 Å². The van der Waals surface area contributed by atoms with Crippen LogP contribution < -0.4 is 5.32 Å². The fourth-order valence-corrected chi connectivity index (χ4v) is 2.23. The molecule has 0 fully saturated rings. The summed E-state index contributed by atoms with van der Waals surface area (Å²) in [5, 5.41) is 5.88. The summed E-state index contributed by atoms with van der Waals surface area (Å²) in [7, 11) is 0. The lowest BCUT2D eigenvalue weighted by Crippen LogP contribution is -2.33. The van der Waals surface area contributed by atoms with Gasteiger partial charge >= 0.3 is 6.18 Å². The van der Waals surface area contributed by atoms with Crippen LogP contribution in [0.3, 0.4) is 0 Å². The van der Waals surface area contributed by atoms with Gasteiger partial charge in [-0.25, -0.2) is 4.98 Å². The molecule has 2 nitrogen and oxygen atoms in total. The van der Waals surface area contributed by atoms with Crippen molar-refractivity contribution in [2.45, 2.75) is 44.8 Å². The summed E-state index contributed by atoms with van der Waals surface area (Å²) in [5.41, 5.74) is 0. The molecule has 1 N–H and O–H groups in total. The van der Waals surface area contributed by atoms with E-state index >= 15 is 0 Å². The number of hydrogen-bond acceptors (Lipinski definition) is 3. The van der Waals surface area contributed by atoms with Gasteiger partial charge in [0.25, 0.3) is 0 Å². The molecule has 1 rings (SSSR count). The number of halogens is 3. The third-order valence-electron chi connectivity index (χ3n) is 2.36. The quantitative estimate of drug-likeness (QED) is 0.818. The van der Waals surface area contributed by atoms with E-state index in [4.69, 9.17) is 0 Å². The first kappa shape index (κ1) is 14.4. The third-order valence-corrected chi connectivity index (χ3v) is 3.17. The molecule has 0 radical (unpaired) electrons. The van der Waals surface area contributed by atoms with E-state index in [-0.39, 0.29) is 12.5 Å². The van der Waals surface area contributed by atoms with E-state index in [9.17, 15) is 13.2 Å². The molecule has 1 aromatic heterocycles. The Bertz CT molecular complexity index is 298. The van der Waals surface area contributed by atoms with Gasteiger partial charge in [0.05, 0.1) is 5.01 Å². The Morgan fingerprint density at radius 1 is 1.47 bits per heavy atom. The van der Waals surface area contributed by atoms with Crippen molar-refractivity contribution in [2.75, 3.05) is 6.54 Å². The molecule has 98 valence electrons. The van der Waals surface area contributed by atoms with E-state index in [2.05, 4.69) is 10.3 Å². The summed E-state index contributed by atoms with van der Waals surface area (Å²) >= 11 is 1.49. The number of aromatic nitrogens is 1. The second-order valence-electron chi connectivity index (χ2n) is 3.93. The number of rotatable bonds is 7. The lowest BCUT2D eigenvalue weighted by molar-refractivity contribution is -0.136. The van der Waals surface area contributed by atoms with Crippen LogP contribution in [0, 0.1) is 0 Å². The first-order valence-corrected chi connectivity index (χ1v) is 6.57. The minimum Gasteiger partial charge on any atom is -0.314 e. The highest BCUT2D eigenvalue weighted by molar-refractivity contribution is 7.09. The molecular formula is C11H17F3N2S. The average Bonchev–Trinajstić information content (AvgIpc) is 2.73. The molecular weight excluding hydrogens is 249 g/mol. The van der Waals surface area contributed by atoms with E-state index in [1.165, 1.54) is 11.3 Å². The molecule has 6 heteroatoms. The summed E-state index contributed by atoms with van der Waals surface area (Å²) in [4.78, 5) is 4.11. The maximum atomic E-state index is 12.2. The van der Waals surface area contributed by atoms with Crippen LogP contribution in [0.15, 0.2) is 11.6 Å². The van der Waals surface area contributed by atoms with Gasteiger partial charge in [-0.3, -0.25) is 0 Å².